The molecule has 0 spiro atoms. The number of β-lactam (4-membered cyclic amide) rings is 1. The van der Waals surface area contributed by atoms with Crippen molar-refractivity contribution in [2.75, 3.05) is 12.4 Å². The molecule has 0 aliphatic carbocycles. The lowest BCUT2D eigenvalue weighted by Crippen LogP contribution is -2.70. The molecular weight excluding hydrogens is 272 g/mol. The maximum atomic E-state index is 11.8. The van der Waals surface area contributed by atoms with Crippen LogP contribution in [0.15, 0.2) is 24.4 Å². The summed E-state index contributed by atoms with van der Waals surface area (Å²) in [4.78, 5) is 35.3. The fourth-order valence-electron chi connectivity index (χ4n) is 1.84. The molecule has 8 heteroatoms. The summed E-state index contributed by atoms with van der Waals surface area (Å²) in [5.41, 5.74) is -0.0359. The van der Waals surface area contributed by atoms with Crippen molar-refractivity contribution in [2.24, 2.45) is 0 Å². The van der Waals surface area contributed by atoms with Gasteiger partial charge in [-0.25, -0.2) is 9.59 Å². The molecule has 2 amide bonds. The normalized spacial score (nSPS) is 24.7. The van der Waals surface area contributed by atoms with Gasteiger partial charge in [0.1, 0.15) is 23.7 Å². The van der Waals surface area contributed by atoms with E-state index in [9.17, 15) is 14.4 Å². The molecule has 0 aromatic carbocycles. The number of alkyl carbamates (subject to hydrolysis) is 1. The van der Waals surface area contributed by atoms with Gasteiger partial charge < -0.3 is 15.2 Å². The van der Waals surface area contributed by atoms with Gasteiger partial charge in [0.05, 0.1) is 0 Å². The van der Waals surface area contributed by atoms with E-state index in [2.05, 4.69) is 11.9 Å². The minimum absolute atomic E-state index is 0.0359. The molecule has 0 radical (unpaired) electrons. The quantitative estimate of drug-likeness (QED) is 0.563. The number of rotatable bonds is 4. The van der Waals surface area contributed by atoms with Crippen LogP contribution in [-0.2, 0) is 14.3 Å². The number of hydrogen-bond donors (Lipinski definition) is 2. The molecule has 2 N–H and O–H groups in total. The Balaban J connectivity index is 1.99. The van der Waals surface area contributed by atoms with Gasteiger partial charge in [-0.2, -0.15) is 0 Å². The largest absolute Gasteiger partial charge is 0.477 e. The van der Waals surface area contributed by atoms with Crippen LogP contribution in [0.1, 0.15) is 0 Å². The van der Waals surface area contributed by atoms with Gasteiger partial charge in [-0.1, -0.05) is 12.7 Å². The lowest BCUT2D eigenvalue weighted by atomic mass is 10.1. The monoisotopic (exact) mass is 284 g/mol. The number of amides is 2. The first-order chi connectivity index (χ1) is 9.06. The number of nitrogens with zero attached hydrogens (tertiary/aromatic N) is 1. The van der Waals surface area contributed by atoms with Crippen LogP contribution in [0.4, 0.5) is 4.79 Å². The molecular formula is C11H12N2O5S. The van der Waals surface area contributed by atoms with Crippen molar-refractivity contribution in [3.05, 3.63) is 24.4 Å². The van der Waals surface area contributed by atoms with Crippen molar-refractivity contribution >= 4 is 29.7 Å². The van der Waals surface area contributed by atoms with Crippen LogP contribution in [0.5, 0.6) is 0 Å². The van der Waals surface area contributed by atoms with E-state index in [1.54, 1.807) is 0 Å². The summed E-state index contributed by atoms with van der Waals surface area (Å²) < 4.78 is 4.72. The molecule has 0 aromatic heterocycles. The molecule has 1 fully saturated rings. The van der Waals surface area contributed by atoms with Crippen LogP contribution in [0.2, 0.25) is 0 Å². The number of carboxylic acids is 1. The molecule has 19 heavy (non-hydrogen) atoms. The van der Waals surface area contributed by atoms with E-state index < -0.39 is 24.0 Å². The minimum Gasteiger partial charge on any atom is -0.477 e. The van der Waals surface area contributed by atoms with Crippen LogP contribution >= 0.6 is 11.8 Å². The van der Waals surface area contributed by atoms with Crippen LogP contribution in [-0.4, -0.2) is 51.8 Å². The minimum atomic E-state index is -1.15. The lowest BCUT2D eigenvalue weighted by Gasteiger charge is -2.47. The number of aliphatic carboxylic acids is 1. The summed E-state index contributed by atoms with van der Waals surface area (Å²) in [5.74, 6) is -1.11. The highest BCUT2D eigenvalue weighted by molar-refractivity contribution is 8.00. The molecule has 2 atom stereocenters. The zero-order chi connectivity index (χ0) is 14.0. The van der Waals surface area contributed by atoms with Crippen LogP contribution in [0.3, 0.4) is 0 Å². The van der Waals surface area contributed by atoms with Crippen molar-refractivity contribution in [3.63, 3.8) is 0 Å². The molecule has 102 valence electrons. The summed E-state index contributed by atoms with van der Waals surface area (Å²) in [6.07, 6.45) is 2.17. The van der Waals surface area contributed by atoms with Gasteiger partial charge in [-0.15, -0.1) is 11.8 Å². The maximum absolute atomic E-state index is 11.8. The number of nitrogens with one attached hydrogen (secondary N) is 1. The predicted octanol–water partition coefficient (Wildman–Crippen LogP) is 0.151. The summed E-state index contributed by atoms with van der Waals surface area (Å²) in [6, 6.07) is -0.745. The second kappa shape index (κ2) is 5.35. The molecule has 1 saturated heterocycles. The first-order valence-electron chi connectivity index (χ1n) is 5.48. The smallest absolute Gasteiger partial charge is 0.408 e. The molecule has 0 bridgehead atoms. The zero-order valence-electron chi connectivity index (χ0n) is 9.87. The summed E-state index contributed by atoms with van der Waals surface area (Å²) in [7, 11) is 0. The third kappa shape index (κ3) is 2.43. The van der Waals surface area contributed by atoms with E-state index in [0.29, 0.717) is 5.75 Å². The Morgan fingerprint density at radius 1 is 1.68 bits per heavy atom. The number of carbonyl (C=O) groups is 3. The van der Waals surface area contributed by atoms with Crippen molar-refractivity contribution in [3.8, 4) is 0 Å². The molecule has 0 aromatic rings. The molecule has 7 nitrogen and oxygen atoms in total. The van der Waals surface area contributed by atoms with Crippen LogP contribution < -0.4 is 5.32 Å². The Morgan fingerprint density at radius 2 is 2.42 bits per heavy atom. The van der Waals surface area contributed by atoms with E-state index in [1.807, 2.05) is 0 Å². The maximum Gasteiger partial charge on any atom is 0.408 e. The molecule has 1 unspecified atom stereocenters. The Morgan fingerprint density at radius 3 is 3.05 bits per heavy atom. The van der Waals surface area contributed by atoms with Crippen LogP contribution in [0, 0.1) is 0 Å². The molecule has 2 aliphatic heterocycles. The Hall–Kier alpha value is -1.96. The second-order valence-electron chi connectivity index (χ2n) is 3.84. The average Bonchev–Trinajstić information content (AvgIpc) is 2.41. The predicted molar refractivity (Wildman–Crippen MR) is 67.3 cm³/mol. The van der Waals surface area contributed by atoms with E-state index in [0.717, 1.165) is 0 Å². The van der Waals surface area contributed by atoms with Crippen LogP contribution in [0.25, 0.3) is 0 Å². The first-order valence-corrected chi connectivity index (χ1v) is 6.53. The van der Waals surface area contributed by atoms with Gasteiger partial charge in [0.25, 0.3) is 5.91 Å². The average molecular weight is 284 g/mol. The molecule has 2 heterocycles. The Bertz CT molecular complexity index is 476. The number of fused-ring (bicyclic) bond motifs is 1. The van der Waals surface area contributed by atoms with Gasteiger partial charge in [0.2, 0.25) is 0 Å². The summed E-state index contributed by atoms with van der Waals surface area (Å²) in [5, 5.41) is 11.0. The molecule has 0 saturated carbocycles. The fourth-order valence-corrected chi connectivity index (χ4v) is 3.04. The topological polar surface area (TPSA) is 95.9 Å². The van der Waals surface area contributed by atoms with Crippen molar-refractivity contribution < 1.29 is 24.2 Å². The zero-order valence-corrected chi connectivity index (χ0v) is 10.7. The number of carbonyl (C=O) groups excluding carboxylic acids is 2. The number of ether oxygens (including phenoxy) is 1. The standard InChI is InChI=1S/C11H12N2O5S/c1-2-4-18-11(17)12-7-8(14)13-6(10(15)16)3-5-19-9(7)13/h2-3,7,9H,1,4-5H2,(H,12,17)(H,15,16)/t7?,9-/m1/s1. The van der Waals surface area contributed by atoms with Gasteiger partial charge >= 0.3 is 12.1 Å². The number of thioether (sulfide) groups is 1. The SMILES string of the molecule is C=CCOC(=O)NC1C(=O)N2C(C(=O)O)=CCS[C@H]12. The molecule has 2 aliphatic rings. The van der Waals surface area contributed by atoms with E-state index in [4.69, 9.17) is 9.84 Å². The third-order valence-corrected chi connectivity index (χ3v) is 3.85. The van der Waals surface area contributed by atoms with Gasteiger partial charge in [0.15, 0.2) is 0 Å². The summed E-state index contributed by atoms with van der Waals surface area (Å²) >= 11 is 1.39. The highest BCUT2D eigenvalue weighted by Gasteiger charge is 2.52. The second-order valence-corrected chi connectivity index (χ2v) is 4.99. The third-order valence-electron chi connectivity index (χ3n) is 2.67. The van der Waals surface area contributed by atoms with Gasteiger partial charge in [-0.3, -0.25) is 9.69 Å². The molecule has 2 rings (SSSR count). The Labute approximate surface area is 113 Å². The highest BCUT2D eigenvalue weighted by atomic mass is 32.2. The van der Waals surface area contributed by atoms with Gasteiger partial charge in [0, 0.05) is 5.75 Å². The van der Waals surface area contributed by atoms with Crippen molar-refractivity contribution in [2.45, 2.75) is 11.4 Å². The lowest BCUT2D eigenvalue weighted by molar-refractivity contribution is -0.148. The number of carboxylic acid groups (broad SMARTS) is 1. The highest BCUT2D eigenvalue weighted by Crippen LogP contribution is 2.37. The first kappa shape index (κ1) is 13.5. The Kier molecular flexibility index (Phi) is 3.79. The van der Waals surface area contributed by atoms with E-state index >= 15 is 0 Å². The van der Waals surface area contributed by atoms with Crippen molar-refractivity contribution in [1.82, 2.24) is 10.2 Å². The van der Waals surface area contributed by atoms with Crippen molar-refractivity contribution in [1.29, 1.82) is 0 Å². The summed E-state index contributed by atoms with van der Waals surface area (Å²) in [6.45, 7) is 3.45. The van der Waals surface area contributed by atoms with E-state index in [-0.39, 0.29) is 17.7 Å². The van der Waals surface area contributed by atoms with Gasteiger partial charge in [-0.05, 0) is 6.08 Å². The van der Waals surface area contributed by atoms with E-state index in [1.165, 1.54) is 28.8 Å². The fraction of sp³-hybridized carbons (Fsp3) is 0.364. The number of hydrogen-bond acceptors (Lipinski definition) is 5.